The van der Waals surface area contributed by atoms with Crippen LogP contribution in [0.15, 0.2) is 17.7 Å². The largest absolute Gasteiger partial charge is 0.504 e. The van der Waals surface area contributed by atoms with Crippen molar-refractivity contribution >= 4 is 0 Å². The van der Waals surface area contributed by atoms with Crippen LogP contribution < -0.4 is 9.47 Å². The molecule has 1 N–H and O–H groups in total. The first-order valence-corrected chi connectivity index (χ1v) is 9.10. The van der Waals surface area contributed by atoms with Crippen LogP contribution in [0.25, 0.3) is 0 Å². The first kappa shape index (κ1) is 16.7. The van der Waals surface area contributed by atoms with Gasteiger partial charge in [0.25, 0.3) is 0 Å². The second kappa shape index (κ2) is 6.22. The molecule has 1 aromatic rings. The van der Waals surface area contributed by atoms with Crippen molar-refractivity contribution in [2.45, 2.75) is 43.7 Å². The lowest BCUT2D eigenvalue weighted by Crippen LogP contribution is -2.46. The Morgan fingerprint density at radius 3 is 2.72 bits per heavy atom. The topological polar surface area (TPSA) is 51.2 Å². The SMILES string of the molecule is COc1cc2c(c(O)c1OC)CCCN1CCC3=CC[C@H](OC)C[C@]321. The molecule has 0 saturated carbocycles. The molecule has 0 radical (unpaired) electrons. The summed E-state index contributed by atoms with van der Waals surface area (Å²) in [6.45, 7) is 2.10. The van der Waals surface area contributed by atoms with Crippen LogP contribution in [-0.2, 0) is 16.7 Å². The van der Waals surface area contributed by atoms with Gasteiger partial charge in [0.1, 0.15) is 0 Å². The summed E-state index contributed by atoms with van der Waals surface area (Å²) in [6, 6.07) is 2.09. The van der Waals surface area contributed by atoms with Crippen molar-refractivity contribution in [1.29, 1.82) is 0 Å². The molecule has 1 saturated heterocycles. The number of methoxy groups -OCH3 is 3. The molecule has 2 heterocycles. The van der Waals surface area contributed by atoms with Gasteiger partial charge in [0.2, 0.25) is 5.75 Å². The van der Waals surface area contributed by atoms with Crippen molar-refractivity contribution in [3.63, 3.8) is 0 Å². The standard InChI is InChI=1S/C20H27NO4/c1-23-14-7-6-13-8-10-21-9-4-5-15-16(20(13,21)12-14)11-17(24-2)19(25-3)18(15)22/h6,11,14,22H,4-5,7-10,12H2,1-3H3/t14-,20-/m0/s1. The van der Waals surface area contributed by atoms with Gasteiger partial charge in [0, 0.05) is 25.6 Å². The Bertz CT molecular complexity index is 714. The van der Waals surface area contributed by atoms with Gasteiger partial charge in [0.05, 0.1) is 25.9 Å². The summed E-state index contributed by atoms with van der Waals surface area (Å²) in [7, 11) is 5.00. The Hall–Kier alpha value is -1.72. The summed E-state index contributed by atoms with van der Waals surface area (Å²) in [4.78, 5) is 2.58. The van der Waals surface area contributed by atoms with E-state index in [-0.39, 0.29) is 17.4 Å². The maximum Gasteiger partial charge on any atom is 0.203 e. The molecule has 0 amide bonds. The Balaban J connectivity index is 1.97. The van der Waals surface area contributed by atoms with Crippen molar-refractivity contribution in [2.75, 3.05) is 34.4 Å². The minimum atomic E-state index is -0.179. The van der Waals surface area contributed by atoms with E-state index in [1.54, 1.807) is 21.3 Å². The molecule has 1 aromatic carbocycles. The fraction of sp³-hybridized carbons (Fsp3) is 0.600. The summed E-state index contributed by atoms with van der Waals surface area (Å²) in [5.74, 6) is 1.27. The van der Waals surface area contributed by atoms with Gasteiger partial charge in [-0.15, -0.1) is 0 Å². The van der Waals surface area contributed by atoms with Crippen molar-refractivity contribution in [2.24, 2.45) is 0 Å². The number of rotatable bonds is 3. The lowest BCUT2D eigenvalue weighted by Gasteiger charge is -2.44. The van der Waals surface area contributed by atoms with E-state index in [1.807, 2.05) is 0 Å². The third kappa shape index (κ3) is 2.29. The number of hydrogen-bond donors (Lipinski definition) is 1. The molecule has 0 aromatic heterocycles. The van der Waals surface area contributed by atoms with E-state index in [0.717, 1.165) is 50.8 Å². The summed E-state index contributed by atoms with van der Waals surface area (Å²) in [5.41, 5.74) is 3.47. The zero-order chi connectivity index (χ0) is 17.6. The highest BCUT2D eigenvalue weighted by atomic mass is 16.5. The van der Waals surface area contributed by atoms with E-state index in [4.69, 9.17) is 14.2 Å². The summed E-state index contributed by atoms with van der Waals surface area (Å²) >= 11 is 0. The Labute approximate surface area is 149 Å². The number of hydrogen-bond acceptors (Lipinski definition) is 5. The Kier molecular flexibility index (Phi) is 4.16. The van der Waals surface area contributed by atoms with E-state index in [2.05, 4.69) is 17.0 Å². The lowest BCUT2D eigenvalue weighted by molar-refractivity contribution is 0.0346. The molecular weight excluding hydrogens is 318 g/mol. The minimum Gasteiger partial charge on any atom is -0.504 e. The molecule has 1 aliphatic carbocycles. The van der Waals surface area contributed by atoms with Crippen LogP contribution in [-0.4, -0.2) is 50.5 Å². The summed E-state index contributed by atoms with van der Waals surface area (Å²) < 4.78 is 16.7. The molecule has 25 heavy (non-hydrogen) atoms. The summed E-state index contributed by atoms with van der Waals surface area (Å²) in [5, 5.41) is 10.9. The number of phenols is 1. The normalized spacial score (nSPS) is 28.4. The van der Waals surface area contributed by atoms with Crippen molar-refractivity contribution in [3.8, 4) is 17.2 Å². The summed E-state index contributed by atoms with van der Waals surface area (Å²) in [6.07, 6.45) is 7.43. The van der Waals surface area contributed by atoms with Gasteiger partial charge in [-0.05, 0) is 49.4 Å². The molecule has 1 spiro atoms. The first-order chi connectivity index (χ1) is 12.2. The second-order valence-electron chi connectivity index (χ2n) is 7.21. The van der Waals surface area contributed by atoms with Crippen LogP contribution in [0.2, 0.25) is 0 Å². The fourth-order valence-electron chi connectivity index (χ4n) is 5.09. The molecule has 1 fully saturated rings. The number of nitrogens with zero attached hydrogens (tertiary/aromatic N) is 1. The van der Waals surface area contributed by atoms with Gasteiger partial charge >= 0.3 is 0 Å². The molecule has 3 aliphatic rings. The smallest absolute Gasteiger partial charge is 0.203 e. The Morgan fingerprint density at radius 1 is 1.16 bits per heavy atom. The third-order valence-corrected chi connectivity index (χ3v) is 6.26. The van der Waals surface area contributed by atoms with Gasteiger partial charge < -0.3 is 19.3 Å². The number of ether oxygens (including phenoxy) is 3. The van der Waals surface area contributed by atoms with Gasteiger partial charge in [0.15, 0.2) is 11.5 Å². The molecule has 0 bridgehead atoms. The highest BCUT2D eigenvalue weighted by Gasteiger charge is 2.51. The third-order valence-electron chi connectivity index (χ3n) is 6.26. The van der Waals surface area contributed by atoms with Gasteiger partial charge in [-0.3, -0.25) is 4.90 Å². The van der Waals surface area contributed by atoms with E-state index in [0.29, 0.717) is 11.5 Å². The average molecular weight is 345 g/mol. The molecule has 5 nitrogen and oxygen atoms in total. The molecule has 2 atom stereocenters. The zero-order valence-corrected chi connectivity index (χ0v) is 15.3. The molecule has 136 valence electrons. The van der Waals surface area contributed by atoms with E-state index >= 15 is 0 Å². The molecule has 2 aliphatic heterocycles. The van der Waals surface area contributed by atoms with Gasteiger partial charge in [-0.25, -0.2) is 0 Å². The minimum absolute atomic E-state index is 0.179. The monoisotopic (exact) mass is 345 g/mol. The molecule has 4 rings (SSSR count). The predicted octanol–water partition coefficient (Wildman–Crippen LogP) is 2.99. The lowest BCUT2D eigenvalue weighted by atomic mass is 9.73. The number of aromatic hydroxyl groups is 1. The van der Waals surface area contributed by atoms with Crippen LogP contribution >= 0.6 is 0 Å². The molecule has 0 unspecified atom stereocenters. The quantitative estimate of drug-likeness (QED) is 0.854. The van der Waals surface area contributed by atoms with Crippen molar-refractivity contribution < 1.29 is 19.3 Å². The van der Waals surface area contributed by atoms with Gasteiger partial charge in [-0.1, -0.05) is 6.08 Å². The highest BCUT2D eigenvalue weighted by Crippen LogP contribution is 2.55. The number of phenolic OH excluding ortho intramolecular Hbond substituents is 1. The maximum absolute atomic E-state index is 10.9. The second-order valence-corrected chi connectivity index (χ2v) is 7.21. The van der Waals surface area contributed by atoms with E-state index < -0.39 is 0 Å². The van der Waals surface area contributed by atoms with Crippen LogP contribution in [0.1, 0.15) is 36.8 Å². The van der Waals surface area contributed by atoms with Crippen molar-refractivity contribution in [3.05, 3.63) is 28.8 Å². The molecule has 5 heteroatoms. The fourth-order valence-corrected chi connectivity index (χ4v) is 5.09. The predicted molar refractivity (Wildman–Crippen MR) is 95.5 cm³/mol. The van der Waals surface area contributed by atoms with Crippen LogP contribution in [0.5, 0.6) is 17.2 Å². The van der Waals surface area contributed by atoms with Crippen molar-refractivity contribution in [1.82, 2.24) is 4.90 Å². The highest BCUT2D eigenvalue weighted by molar-refractivity contribution is 5.62. The van der Waals surface area contributed by atoms with Crippen LogP contribution in [0.3, 0.4) is 0 Å². The number of benzene rings is 1. The molecular formula is C20H27NO4. The first-order valence-electron chi connectivity index (χ1n) is 9.10. The van der Waals surface area contributed by atoms with Gasteiger partial charge in [-0.2, -0.15) is 0 Å². The van der Waals surface area contributed by atoms with Crippen LogP contribution in [0.4, 0.5) is 0 Å². The van der Waals surface area contributed by atoms with Crippen LogP contribution in [0, 0.1) is 0 Å². The number of fused-ring (bicyclic) bond motifs is 1. The van der Waals surface area contributed by atoms with E-state index in [1.165, 1.54) is 11.1 Å². The average Bonchev–Trinajstić information content (AvgIpc) is 2.93. The zero-order valence-electron chi connectivity index (χ0n) is 15.3. The van der Waals surface area contributed by atoms with E-state index in [9.17, 15) is 5.11 Å². The maximum atomic E-state index is 10.9. The Morgan fingerprint density at radius 2 is 2.00 bits per heavy atom.